The van der Waals surface area contributed by atoms with Gasteiger partial charge in [-0.1, -0.05) is 44.7 Å². The lowest BCUT2D eigenvalue weighted by molar-refractivity contribution is -0.149. The van der Waals surface area contributed by atoms with E-state index in [4.69, 9.17) is 14.2 Å². The largest absolute Gasteiger partial charge is 0.492 e. The van der Waals surface area contributed by atoms with Crippen molar-refractivity contribution < 1.29 is 28.9 Å². The minimum absolute atomic E-state index is 0.158. The maximum atomic E-state index is 12.4. The molecule has 1 rings (SSSR count). The van der Waals surface area contributed by atoms with Crippen molar-refractivity contribution >= 4 is 12.1 Å². The number of hydrogen-bond acceptors (Lipinski definition) is 5. The van der Waals surface area contributed by atoms with E-state index >= 15 is 0 Å². The Kier molecular flexibility index (Phi) is 13.4. The summed E-state index contributed by atoms with van der Waals surface area (Å²) in [7, 11) is 0. The Morgan fingerprint density at radius 3 is 2.26 bits per heavy atom. The highest BCUT2D eigenvalue weighted by molar-refractivity contribution is 5.72. The summed E-state index contributed by atoms with van der Waals surface area (Å²) in [5.74, 6) is -0.294. The van der Waals surface area contributed by atoms with E-state index in [0.717, 1.165) is 18.4 Å². The lowest BCUT2D eigenvalue weighted by Crippen LogP contribution is -2.37. The van der Waals surface area contributed by atoms with Crippen molar-refractivity contribution in [2.45, 2.75) is 78.4 Å². The Morgan fingerprint density at radius 1 is 1.00 bits per heavy atom. The molecule has 0 saturated heterocycles. The number of unbranched alkanes of at least 4 members (excludes halogenated alkanes) is 4. The molecule has 1 aromatic carbocycles. The van der Waals surface area contributed by atoms with Gasteiger partial charge in [-0.3, -0.25) is 0 Å². The van der Waals surface area contributed by atoms with E-state index in [9.17, 15) is 14.7 Å². The van der Waals surface area contributed by atoms with Gasteiger partial charge in [0.1, 0.15) is 12.4 Å². The molecule has 0 aliphatic rings. The first-order chi connectivity index (χ1) is 14.9. The molecular weight excluding hydrogens is 398 g/mol. The first-order valence-electron chi connectivity index (χ1n) is 11.4. The fraction of sp³-hybridized carbons (Fsp3) is 0.667. The highest BCUT2D eigenvalue weighted by Gasteiger charge is 2.18. The van der Waals surface area contributed by atoms with Crippen molar-refractivity contribution in [2.24, 2.45) is 0 Å². The molecule has 7 nitrogen and oxygen atoms in total. The number of carboxylic acids is 1. The van der Waals surface area contributed by atoms with E-state index in [0.29, 0.717) is 38.5 Å². The monoisotopic (exact) mass is 437 g/mol. The first-order valence-corrected chi connectivity index (χ1v) is 11.4. The molecule has 176 valence electrons. The normalized spacial score (nSPS) is 11.9. The SMILES string of the molecule is CCCCCCCN(CCOc1ccc(C[C@H](OCC)C(=O)O)cc1)C(=O)OC(C)C. The summed E-state index contributed by atoms with van der Waals surface area (Å²) in [6.07, 6.45) is 4.62. The van der Waals surface area contributed by atoms with Gasteiger partial charge in [-0.2, -0.15) is 0 Å². The third kappa shape index (κ3) is 11.6. The second-order valence-corrected chi connectivity index (χ2v) is 7.81. The molecule has 1 aromatic rings. The molecule has 0 aliphatic heterocycles. The van der Waals surface area contributed by atoms with E-state index in [1.165, 1.54) is 19.3 Å². The van der Waals surface area contributed by atoms with Gasteiger partial charge in [0.2, 0.25) is 0 Å². The van der Waals surface area contributed by atoms with Gasteiger partial charge in [-0.05, 0) is 44.9 Å². The molecule has 0 aromatic heterocycles. The summed E-state index contributed by atoms with van der Waals surface area (Å²) in [5, 5.41) is 9.20. The summed E-state index contributed by atoms with van der Waals surface area (Å²) in [4.78, 5) is 25.3. The number of hydrogen-bond donors (Lipinski definition) is 1. The molecule has 0 radical (unpaired) electrons. The molecule has 31 heavy (non-hydrogen) atoms. The average Bonchev–Trinajstić information content (AvgIpc) is 2.72. The Morgan fingerprint density at radius 2 is 1.68 bits per heavy atom. The van der Waals surface area contributed by atoms with Crippen LogP contribution in [0.5, 0.6) is 5.75 Å². The van der Waals surface area contributed by atoms with Gasteiger partial charge >= 0.3 is 12.1 Å². The van der Waals surface area contributed by atoms with Gasteiger partial charge in [0.15, 0.2) is 6.10 Å². The van der Waals surface area contributed by atoms with Crippen LogP contribution in [-0.4, -0.2) is 60.6 Å². The van der Waals surface area contributed by atoms with Crippen molar-refractivity contribution in [1.82, 2.24) is 4.90 Å². The van der Waals surface area contributed by atoms with E-state index in [1.807, 2.05) is 38.1 Å². The molecule has 0 spiro atoms. The highest BCUT2D eigenvalue weighted by Crippen LogP contribution is 2.15. The van der Waals surface area contributed by atoms with Crippen molar-refractivity contribution in [1.29, 1.82) is 0 Å². The van der Waals surface area contributed by atoms with Crippen LogP contribution in [0.4, 0.5) is 4.79 Å². The van der Waals surface area contributed by atoms with Crippen molar-refractivity contribution in [3.63, 3.8) is 0 Å². The zero-order valence-corrected chi connectivity index (χ0v) is 19.5. The van der Waals surface area contributed by atoms with Crippen molar-refractivity contribution in [3.8, 4) is 5.75 Å². The summed E-state index contributed by atoms with van der Waals surface area (Å²) in [5.41, 5.74) is 0.863. The zero-order chi connectivity index (χ0) is 23.1. The maximum Gasteiger partial charge on any atom is 0.410 e. The van der Waals surface area contributed by atoms with Gasteiger partial charge in [0.25, 0.3) is 0 Å². The van der Waals surface area contributed by atoms with Crippen LogP contribution in [-0.2, 0) is 20.7 Å². The predicted octanol–water partition coefficient (Wildman–Crippen LogP) is 4.92. The third-order valence-corrected chi connectivity index (χ3v) is 4.74. The lowest BCUT2D eigenvalue weighted by Gasteiger charge is -2.23. The maximum absolute atomic E-state index is 12.4. The Bertz CT molecular complexity index is 631. The molecule has 0 heterocycles. The average molecular weight is 438 g/mol. The number of benzene rings is 1. The quantitative estimate of drug-likeness (QED) is 0.370. The Hall–Kier alpha value is -2.28. The summed E-state index contributed by atoms with van der Waals surface area (Å²) < 4.78 is 16.4. The highest BCUT2D eigenvalue weighted by atomic mass is 16.6. The van der Waals surface area contributed by atoms with Crippen molar-refractivity contribution in [3.05, 3.63) is 29.8 Å². The van der Waals surface area contributed by atoms with Gasteiger partial charge < -0.3 is 24.2 Å². The topological polar surface area (TPSA) is 85.3 Å². The number of carbonyl (C=O) groups is 2. The molecule has 1 atom stereocenters. The van der Waals surface area contributed by atoms with E-state index in [-0.39, 0.29) is 12.2 Å². The van der Waals surface area contributed by atoms with Crippen LogP contribution in [0.2, 0.25) is 0 Å². The first kappa shape index (κ1) is 26.8. The summed E-state index contributed by atoms with van der Waals surface area (Å²) in [6.45, 7) is 9.46. The van der Waals surface area contributed by atoms with Crippen LogP contribution in [0.1, 0.15) is 65.4 Å². The molecular formula is C24H39NO6. The van der Waals surface area contributed by atoms with E-state index < -0.39 is 12.1 Å². The zero-order valence-electron chi connectivity index (χ0n) is 19.5. The van der Waals surface area contributed by atoms with Crippen LogP contribution in [0.15, 0.2) is 24.3 Å². The lowest BCUT2D eigenvalue weighted by atomic mass is 10.1. The smallest absolute Gasteiger partial charge is 0.410 e. The van der Waals surface area contributed by atoms with Crippen LogP contribution in [0.25, 0.3) is 0 Å². The van der Waals surface area contributed by atoms with Crippen LogP contribution < -0.4 is 4.74 Å². The molecule has 1 amide bonds. The number of rotatable bonds is 16. The Labute approximate surface area is 186 Å². The minimum Gasteiger partial charge on any atom is -0.492 e. The van der Waals surface area contributed by atoms with Crippen LogP contribution in [0, 0.1) is 0 Å². The van der Waals surface area contributed by atoms with E-state index in [2.05, 4.69) is 6.92 Å². The van der Waals surface area contributed by atoms with Crippen LogP contribution in [0.3, 0.4) is 0 Å². The second-order valence-electron chi connectivity index (χ2n) is 7.81. The number of ether oxygens (including phenoxy) is 3. The molecule has 7 heteroatoms. The summed E-state index contributed by atoms with van der Waals surface area (Å²) in [6, 6.07) is 7.29. The number of carbonyl (C=O) groups excluding carboxylic acids is 1. The number of amides is 1. The van der Waals surface area contributed by atoms with Gasteiger partial charge in [-0.15, -0.1) is 0 Å². The predicted molar refractivity (Wildman–Crippen MR) is 121 cm³/mol. The molecule has 0 unspecified atom stereocenters. The molecule has 0 fully saturated rings. The minimum atomic E-state index is -0.967. The number of carboxylic acid groups (broad SMARTS) is 1. The fourth-order valence-electron chi connectivity index (χ4n) is 3.10. The number of aliphatic carboxylic acids is 1. The van der Waals surface area contributed by atoms with Gasteiger partial charge in [0, 0.05) is 19.6 Å². The number of nitrogens with zero attached hydrogens (tertiary/aromatic N) is 1. The molecule has 0 aliphatic carbocycles. The fourth-order valence-corrected chi connectivity index (χ4v) is 3.10. The molecule has 0 saturated carbocycles. The molecule has 0 bridgehead atoms. The van der Waals surface area contributed by atoms with E-state index in [1.54, 1.807) is 11.8 Å². The standard InChI is InChI=1S/C24H39NO6/c1-5-7-8-9-10-15-25(24(28)31-19(3)4)16-17-30-21-13-11-20(12-14-21)18-22(23(26)27)29-6-2/h11-14,19,22H,5-10,15-18H2,1-4H3,(H,26,27)/t22-/m0/s1. The summed E-state index contributed by atoms with van der Waals surface area (Å²) >= 11 is 0. The van der Waals surface area contributed by atoms with Crippen LogP contribution >= 0.6 is 0 Å². The Balaban J connectivity index is 2.53. The van der Waals surface area contributed by atoms with Gasteiger partial charge in [0.05, 0.1) is 12.6 Å². The van der Waals surface area contributed by atoms with Gasteiger partial charge in [-0.25, -0.2) is 9.59 Å². The molecule has 1 N–H and O–H groups in total. The third-order valence-electron chi connectivity index (χ3n) is 4.74. The second kappa shape index (κ2) is 15.5. The van der Waals surface area contributed by atoms with Crippen molar-refractivity contribution in [2.75, 3.05) is 26.3 Å².